The van der Waals surface area contributed by atoms with Crippen molar-refractivity contribution in [3.8, 4) is 0 Å². The molecule has 100 valence electrons. The zero-order valence-corrected chi connectivity index (χ0v) is 13.1. The summed E-state index contributed by atoms with van der Waals surface area (Å²) in [7, 11) is 0. The number of halogens is 2. The molecule has 0 unspecified atom stereocenters. The van der Waals surface area contributed by atoms with E-state index in [0.717, 1.165) is 4.47 Å². The minimum Gasteiger partial charge on any atom is -0.324 e. The van der Waals surface area contributed by atoms with E-state index in [1.165, 1.54) is 4.88 Å². The zero-order chi connectivity index (χ0) is 13.7. The van der Waals surface area contributed by atoms with Crippen LogP contribution in [0.25, 0.3) is 0 Å². The van der Waals surface area contributed by atoms with Gasteiger partial charge in [0, 0.05) is 21.3 Å². The maximum absolute atomic E-state index is 11.7. The smallest absolute Gasteiger partial charge is 0.238 e. The molecule has 1 aromatic carbocycles. The lowest BCUT2D eigenvalue weighted by Crippen LogP contribution is -2.27. The first-order valence-electron chi connectivity index (χ1n) is 5.63. The minimum atomic E-state index is -0.108. The molecule has 1 aromatic heterocycles. The number of para-hydroxylation sites is 1. The minimum absolute atomic E-state index is 0.108. The number of rotatable bonds is 5. The summed E-state index contributed by atoms with van der Waals surface area (Å²) in [4.78, 5) is 12.9. The molecule has 0 radical (unpaired) electrons. The van der Waals surface area contributed by atoms with Gasteiger partial charge in [-0.25, -0.2) is 0 Å². The van der Waals surface area contributed by atoms with Crippen molar-refractivity contribution in [3.05, 3.63) is 50.1 Å². The van der Waals surface area contributed by atoms with E-state index < -0.39 is 0 Å². The topological polar surface area (TPSA) is 41.1 Å². The summed E-state index contributed by atoms with van der Waals surface area (Å²) < 4.78 is 1.06. The molecule has 1 amide bonds. The first-order chi connectivity index (χ1) is 9.15. The maximum atomic E-state index is 11.7. The van der Waals surface area contributed by atoms with Crippen LogP contribution in [0, 0.1) is 0 Å². The quantitative estimate of drug-likeness (QED) is 0.850. The molecule has 6 heteroatoms. The third kappa shape index (κ3) is 4.62. The van der Waals surface area contributed by atoms with Crippen LogP contribution >= 0.6 is 38.9 Å². The lowest BCUT2D eigenvalue weighted by molar-refractivity contribution is -0.115. The summed E-state index contributed by atoms with van der Waals surface area (Å²) in [5.74, 6) is -0.108. The van der Waals surface area contributed by atoms with Crippen molar-refractivity contribution in [1.82, 2.24) is 5.32 Å². The van der Waals surface area contributed by atoms with Crippen molar-refractivity contribution in [2.45, 2.75) is 6.54 Å². The zero-order valence-electron chi connectivity index (χ0n) is 9.95. The van der Waals surface area contributed by atoms with Gasteiger partial charge < -0.3 is 10.6 Å². The number of amides is 1. The molecule has 19 heavy (non-hydrogen) atoms. The number of nitrogens with one attached hydrogen (secondary N) is 2. The fraction of sp³-hybridized carbons (Fsp3) is 0.154. The molecule has 0 aliphatic heterocycles. The molecular weight excluding hydrogens is 348 g/mol. The molecule has 0 spiro atoms. The summed E-state index contributed by atoms with van der Waals surface area (Å²) in [5.41, 5.74) is 0.634. The number of hydrogen-bond donors (Lipinski definition) is 2. The van der Waals surface area contributed by atoms with Crippen LogP contribution < -0.4 is 10.6 Å². The van der Waals surface area contributed by atoms with Gasteiger partial charge in [-0.2, -0.15) is 0 Å². The van der Waals surface area contributed by atoms with E-state index in [-0.39, 0.29) is 12.5 Å². The Morgan fingerprint density at radius 3 is 2.84 bits per heavy atom. The summed E-state index contributed by atoms with van der Waals surface area (Å²) in [6.07, 6.45) is 0. The molecule has 0 saturated heterocycles. The molecule has 0 bridgehead atoms. The average molecular weight is 360 g/mol. The first-order valence-corrected chi connectivity index (χ1v) is 7.68. The van der Waals surface area contributed by atoms with Crippen molar-refractivity contribution in [2.24, 2.45) is 0 Å². The van der Waals surface area contributed by atoms with Crippen molar-refractivity contribution in [1.29, 1.82) is 0 Å². The van der Waals surface area contributed by atoms with Crippen molar-refractivity contribution in [2.75, 3.05) is 11.9 Å². The highest BCUT2D eigenvalue weighted by Gasteiger charge is 2.05. The molecule has 0 fully saturated rings. The Hall–Kier alpha value is -0.880. The molecule has 2 N–H and O–H groups in total. The van der Waals surface area contributed by atoms with E-state index >= 15 is 0 Å². The SMILES string of the molecule is O=C(CNCc1cc(Br)cs1)Nc1ccccc1Cl. The van der Waals surface area contributed by atoms with Crippen LogP contribution in [0.1, 0.15) is 4.88 Å². The van der Waals surface area contributed by atoms with E-state index in [4.69, 9.17) is 11.6 Å². The second-order valence-electron chi connectivity index (χ2n) is 3.86. The van der Waals surface area contributed by atoms with Crippen LogP contribution in [0.2, 0.25) is 5.02 Å². The Kier molecular flexibility index (Phi) is 5.39. The Labute approximate surface area is 129 Å². The molecule has 3 nitrogen and oxygen atoms in total. The van der Waals surface area contributed by atoms with E-state index in [0.29, 0.717) is 17.3 Å². The fourth-order valence-corrected chi connectivity index (χ4v) is 3.11. The predicted octanol–water partition coefficient (Wildman–Crippen LogP) is 3.89. The normalized spacial score (nSPS) is 10.4. The molecule has 1 heterocycles. The maximum Gasteiger partial charge on any atom is 0.238 e. The monoisotopic (exact) mass is 358 g/mol. The van der Waals surface area contributed by atoms with Gasteiger partial charge in [0.1, 0.15) is 0 Å². The highest BCUT2D eigenvalue weighted by molar-refractivity contribution is 9.10. The number of carbonyl (C=O) groups excluding carboxylic acids is 1. The summed E-state index contributed by atoms with van der Waals surface area (Å²) in [6.45, 7) is 0.924. The van der Waals surface area contributed by atoms with Crippen LogP contribution in [-0.4, -0.2) is 12.5 Å². The second kappa shape index (κ2) is 7.05. The standard InChI is InChI=1S/C13H12BrClN2OS/c14-9-5-10(19-8-9)6-16-7-13(18)17-12-4-2-1-3-11(12)15/h1-5,8,16H,6-7H2,(H,17,18). The number of hydrogen-bond acceptors (Lipinski definition) is 3. The molecule has 0 aliphatic carbocycles. The predicted molar refractivity (Wildman–Crippen MR) is 83.8 cm³/mol. The number of thiophene rings is 1. The third-order valence-corrected chi connectivity index (χ3v) is 4.38. The van der Waals surface area contributed by atoms with Crippen molar-refractivity contribution >= 4 is 50.5 Å². The Balaban J connectivity index is 1.77. The largest absolute Gasteiger partial charge is 0.324 e. The van der Waals surface area contributed by atoms with Gasteiger partial charge in [0.25, 0.3) is 0 Å². The van der Waals surface area contributed by atoms with E-state index in [1.807, 2.05) is 23.6 Å². The molecule has 0 saturated carbocycles. The van der Waals surface area contributed by atoms with Gasteiger partial charge in [-0.3, -0.25) is 4.79 Å². The van der Waals surface area contributed by atoms with Gasteiger partial charge in [-0.1, -0.05) is 23.7 Å². The molecule has 2 rings (SSSR count). The van der Waals surface area contributed by atoms with Crippen molar-refractivity contribution in [3.63, 3.8) is 0 Å². The Morgan fingerprint density at radius 1 is 1.37 bits per heavy atom. The number of carbonyl (C=O) groups is 1. The summed E-state index contributed by atoms with van der Waals surface area (Å²) in [6, 6.07) is 9.21. The van der Waals surface area contributed by atoms with Gasteiger partial charge in [0.05, 0.1) is 17.3 Å². The lowest BCUT2D eigenvalue weighted by Gasteiger charge is -2.07. The van der Waals surface area contributed by atoms with Gasteiger partial charge in [-0.15, -0.1) is 11.3 Å². The van der Waals surface area contributed by atoms with E-state index in [1.54, 1.807) is 23.5 Å². The number of anilines is 1. The molecule has 0 aliphatic rings. The van der Waals surface area contributed by atoms with Gasteiger partial charge in [0.2, 0.25) is 5.91 Å². The molecular formula is C13H12BrClN2OS. The van der Waals surface area contributed by atoms with Crippen LogP contribution in [0.5, 0.6) is 0 Å². The van der Waals surface area contributed by atoms with Crippen LogP contribution in [0.4, 0.5) is 5.69 Å². The van der Waals surface area contributed by atoms with Crippen LogP contribution in [-0.2, 0) is 11.3 Å². The van der Waals surface area contributed by atoms with Crippen molar-refractivity contribution < 1.29 is 4.79 Å². The van der Waals surface area contributed by atoms with Crippen LogP contribution in [0.15, 0.2) is 40.2 Å². The van der Waals surface area contributed by atoms with E-state index in [2.05, 4.69) is 26.6 Å². The second-order valence-corrected chi connectivity index (χ2v) is 6.18. The summed E-state index contributed by atoms with van der Waals surface area (Å²) in [5, 5.41) is 8.41. The van der Waals surface area contributed by atoms with Gasteiger partial charge >= 0.3 is 0 Å². The van der Waals surface area contributed by atoms with Gasteiger partial charge in [-0.05, 0) is 34.1 Å². The van der Waals surface area contributed by atoms with Gasteiger partial charge in [0.15, 0.2) is 0 Å². The molecule has 0 atom stereocenters. The highest BCUT2D eigenvalue weighted by Crippen LogP contribution is 2.20. The average Bonchev–Trinajstić information content (AvgIpc) is 2.78. The number of benzene rings is 1. The highest BCUT2D eigenvalue weighted by atomic mass is 79.9. The third-order valence-electron chi connectivity index (χ3n) is 2.35. The Morgan fingerprint density at radius 2 is 2.16 bits per heavy atom. The summed E-state index contributed by atoms with van der Waals surface area (Å²) >= 11 is 11.0. The molecule has 2 aromatic rings. The first kappa shape index (κ1) is 14.5. The lowest BCUT2D eigenvalue weighted by atomic mass is 10.3. The Bertz CT molecular complexity index is 573. The van der Waals surface area contributed by atoms with Crippen LogP contribution in [0.3, 0.4) is 0 Å². The van der Waals surface area contributed by atoms with E-state index in [9.17, 15) is 4.79 Å². The fourth-order valence-electron chi connectivity index (χ4n) is 1.50.